The molecule has 0 atom stereocenters. The largest absolute Gasteiger partial charge is 0.477 e. The monoisotopic (exact) mass is 244 g/mol. The van der Waals surface area contributed by atoms with E-state index in [4.69, 9.17) is 0 Å². The van der Waals surface area contributed by atoms with Crippen LogP contribution in [0.5, 0.6) is 0 Å². The van der Waals surface area contributed by atoms with E-state index < -0.39 is 5.97 Å². The number of carboxylic acids is 1. The van der Waals surface area contributed by atoms with Crippen LogP contribution in [0.25, 0.3) is 5.69 Å². The Hall–Kier alpha value is -2.10. The molecule has 2 aromatic rings. The number of imidazole rings is 1. The summed E-state index contributed by atoms with van der Waals surface area (Å²) in [5.74, 6) is -0.954. The minimum Gasteiger partial charge on any atom is -0.477 e. The maximum absolute atomic E-state index is 11.3. The van der Waals surface area contributed by atoms with E-state index in [1.54, 1.807) is 17.8 Å². The fraction of sp³-hybridized carbons (Fsp3) is 0.286. The standard InChI is InChI=1S/C14H16N2O2/c1-8-5-9(2)12(10(3)6-8)16-7-15-11(4)13(16)14(17)18/h5-7H,1-4H3,(H,17,18). The van der Waals surface area contributed by atoms with Gasteiger partial charge in [-0.3, -0.25) is 4.57 Å². The van der Waals surface area contributed by atoms with Crippen LogP contribution in [0.4, 0.5) is 0 Å². The molecule has 0 aliphatic carbocycles. The highest BCUT2D eigenvalue weighted by Crippen LogP contribution is 2.23. The van der Waals surface area contributed by atoms with E-state index in [1.165, 1.54) is 5.56 Å². The minimum absolute atomic E-state index is 0.227. The lowest BCUT2D eigenvalue weighted by Gasteiger charge is -2.13. The second kappa shape index (κ2) is 4.29. The number of nitrogens with zero attached hydrogens (tertiary/aromatic N) is 2. The van der Waals surface area contributed by atoms with Gasteiger partial charge in [0.25, 0.3) is 0 Å². The van der Waals surface area contributed by atoms with Crippen LogP contribution in [0, 0.1) is 27.7 Å². The number of rotatable bonds is 2. The Bertz CT molecular complexity index is 604. The fourth-order valence-electron chi connectivity index (χ4n) is 2.42. The van der Waals surface area contributed by atoms with Crippen LogP contribution >= 0.6 is 0 Å². The van der Waals surface area contributed by atoms with Gasteiger partial charge in [-0.2, -0.15) is 0 Å². The fourth-order valence-corrected chi connectivity index (χ4v) is 2.42. The molecule has 0 fully saturated rings. The molecule has 1 heterocycles. The molecule has 0 aliphatic rings. The molecule has 0 unspecified atom stereocenters. The van der Waals surface area contributed by atoms with Crippen molar-refractivity contribution >= 4 is 5.97 Å². The Morgan fingerprint density at radius 3 is 2.22 bits per heavy atom. The molecule has 4 heteroatoms. The van der Waals surface area contributed by atoms with E-state index in [1.807, 2.05) is 32.9 Å². The van der Waals surface area contributed by atoms with Crippen molar-refractivity contribution in [1.82, 2.24) is 9.55 Å². The molecule has 0 radical (unpaired) electrons. The van der Waals surface area contributed by atoms with Gasteiger partial charge in [0.05, 0.1) is 11.4 Å². The summed E-state index contributed by atoms with van der Waals surface area (Å²) < 4.78 is 1.65. The van der Waals surface area contributed by atoms with Crippen molar-refractivity contribution in [1.29, 1.82) is 0 Å². The van der Waals surface area contributed by atoms with Crippen LogP contribution < -0.4 is 0 Å². The van der Waals surface area contributed by atoms with Gasteiger partial charge in [0.15, 0.2) is 5.69 Å². The minimum atomic E-state index is -0.954. The summed E-state index contributed by atoms with van der Waals surface area (Å²) in [5, 5.41) is 9.27. The van der Waals surface area contributed by atoms with Crippen molar-refractivity contribution in [3.8, 4) is 5.69 Å². The average Bonchev–Trinajstić information content (AvgIpc) is 2.58. The second-order valence-corrected chi connectivity index (χ2v) is 4.60. The zero-order valence-corrected chi connectivity index (χ0v) is 11.0. The number of carbonyl (C=O) groups is 1. The van der Waals surface area contributed by atoms with Gasteiger partial charge < -0.3 is 5.11 Å². The van der Waals surface area contributed by atoms with Crippen LogP contribution in [-0.4, -0.2) is 20.6 Å². The van der Waals surface area contributed by atoms with E-state index in [0.29, 0.717) is 5.69 Å². The maximum atomic E-state index is 11.3. The van der Waals surface area contributed by atoms with E-state index in [2.05, 4.69) is 4.98 Å². The third-order valence-corrected chi connectivity index (χ3v) is 3.03. The molecule has 0 spiro atoms. The molecule has 18 heavy (non-hydrogen) atoms. The number of aromatic carboxylic acids is 1. The molecular weight excluding hydrogens is 228 g/mol. The zero-order chi connectivity index (χ0) is 13.4. The molecule has 2 rings (SSSR count). The summed E-state index contributed by atoms with van der Waals surface area (Å²) in [7, 11) is 0. The Balaban J connectivity index is 2.74. The van der Waals surface area contributed by atoms with E-state index in [0.717, 1.165) is 16.8 Å². The Labute approximate surface area is 106 Å². The third-order valence-electron chi connectivity index (χ3n) is 3.03. The summed E-state index contributed by atoms with van der Waals surface area (Å²) in [6, 6.07) is 4.09. The molecule has 1 aromatic carbocycles. The molecular formula is C14H16N2O2. The van der Waals surface area contributed by atoms with Gasteiger partial charge in [0, 0.05) is 0 Å². The van der Waals surface area contributed by atoms with Gasteiger partial charge in [-0.15, -0.1) is 0 Å². The molecule has 0 amide bonds. The van der Waals surface area contributed by atoms with Gasteiger partial charge in [0.2, 0.25) is 0 Å². The van der Waals surface area contributed by atoms with Gasteiger partial charge in [-0.05, 0) is 38.8 Å². The number of benzene rings is 1. The molecule has 0 aliphatic heterocycles. The highest BCUT2D eigenvalue weighted by atomic mass is 16.4. The van der Waals surface area contributed by atoms with E-state index in [-0.39, 0.29) is 5.69 Å². The van der Waals surface area contributed by atoms with Gasteiger partial charge in [-0.25, -0.2) is 9.78 Å². The van der Waals surface area contributed by atoms with Crippen LogP contribution in [0.2, 0.25) is 0 Å². The normalized spacial score (nSPS) is 10.7. The smallest absolute Gasteiger partial charge is 0.354 e. The van der Waals surface area contributed by atoms with Crippen molar-refractivity contribution in [2.45, 2.75) is 27.7 Å². The van der Waals surface area contributed by atoms with Crippen molar-refractivity contribution in [3.05, 3.63) is 46.5 Å². The van der Waals surface area contributed by atoms with Crippen molar-refractivity contribution < 1.29 is 9.90 Å². The van der Waals surface area contributed by atoms with Gasteiger partial charge in [0.1, 0.15) is 6.33 Å². The number of aryl methyl sites for hydroxylation is 4. The van der Waals surface area contributed by atoms with E-state index in [9.17, 15) is 9.90 Å². The summed E-state index contributed by atoms with van der Waals surface area (Å²) in [6.07, 6.45) is 1.57. The van der Waals surface area contributed by atoms with Crippen LogP contribution in [-0.2, 0) is 0 Å². The van der Waals surface area contributed by atoms with Crippen molar-refractivity contribution in [2.24, 2.45) is 0 Å². The Morgan fingerprint density at radius 1 is 1.17 bits per heavy atom. The Morgan fingerprint density at radius 2 is 1.72 bits per heavy atom. The van der Waals surface area contributed by atoms with Gasteiger partial charge >= 0.3 is 5.97 Å². The highest BCUT2D eigenvalue weighted by Gasteiger charge is 2.18. The van der Waals surface area contributed by atoms with Crippen molar-refractivity contribution in [2.75, 3.05) is 0 Å². The first kappa shape index (κ1) is 12.4. The van der Waals surface area contributed by atoms with E-state index >= 15 is 0 Å². The zero-order valence-electron chi connectivity index (χ0n) is 11.0. The maximum Gasteiger partial charge on any atom is 0.354 e. The molecule has 0 saturated carbocycles. The molecule has 1 aromatic heterocycles. The number of hydrogen-bond acceptors (Lipinski definition) is 2. The topological polar surface area (TPSA) is 55.1 Å². The predicted octanol–water partition coefficient (Wildman–Crippen LogP) is 2.80. The quantitative estimate of drug-likeness (QED) is 0.883. The van der Waals surface area contributed by atoms with Crippen LogP contribution in [0.3, 0.4) is 0 Å². The molecule has 1 N–H and O–H groups in total. The number of carboxylic acid groups (broad SMARTS) is 1. The lowest BCUT2D eigenvalue weighted by molar-refractivity contribution is 0.0687. The SMILES string of the molecule is Cc1cc(C)c(-n2cnc(C)c2C(=O)O)c(C)c1. The summed E-state index contributed by atoms with van der Waals surface area (Å²) >= 11 is 0. The van der Waals surface area contributed by atoms with Crippen LogP contribution in [0.15, 0.2) is 18.5 Å². The molecule has 0 saturated heterocycles. The van der Waals surface area contributed by atoms with Crippen molar-refractivity contribution in [3.63, 3.8) is 0 Å². The third kappa shape index (κ3) is 1.90. The molecule has 94 valence electrons. The first-order valence-corrected chi connectivity index (χ1v) is 5.77. The van der Waals surface area contributed by atoms with Gasteiger partial charge in [-0.1, -0.05) is 17.7 Å². The first-order chi connectivity index (χ1) is 8.41. The highest BCUT2D eigenvalue weighted by molar-refractivity contribution is 5.88. The molecule has 4 nitrogen and oxygen atoms in total. The molecule has 0 bridgehead atoms. The number of hydrogen-bond donors (Lipinski definition) is 1. The summed E-state index contributed by atoms with van der Waals surface area (Å²) in [4.78, 5) is 15.4. The lowest BCUT2D eigenvalue weighted by atomic mass is 10.0. The lowest BCUT2D eigenvalue weighted by Crippen LogP contribution is -2.10. The number of aromatic nitrogens is 2. The predicted molar refractivity (Wildman–Crippen MR) is 69.5 cm³/mol. The van der Waals surface area contributed by atoms with Crippen LogP contribution in [0.1, 0.15) is 32.9 Å². The summed E-state index contributed by atoms with van der Waals surface area (Å²) in [6.45, 7) is 7.70. The average molecular weight is 244 g/mol. The Kier molecular flexibility index (Phi) is 2.95. The summed E-state index contributed by atoms with van der Waals surface area (Å²) in [5.41, 5.74) is 4.92. The second-order valence-electron chi connectivity index (χ2n) is 4.60. The first-order valence-electron chi connectivity index (χ1n) is 5.77.